The third kappa shape index (κ3) is 2.00. The average Bonchev–Trinajstić information content (AvgIpc) is 2.47. The number of rotatable bonds is 2. The molecule has 1 aliphatic rings. The topological polar surface area (TPSA) is 145 Å². The van der Waals surface area contributed by atoms with Crippen LogP contribution in [0.15, 0.2) is 17.0 Å². The highest BCUT2D eigenvalue weighted by molar-refractivity contribution is 7.86. The highest BCUT2D eigenvalue weighted by atomic mass is 32.3. The minimum absolute atomic E-state index is 0.230. The number of nitrogens with two attached hydrogens (primary N) is 1. The second kappa shape index (κ2) is 3.46. The van der Waals surface area contributed by atoms with Crippen LogP contribution in [-0.4, -0.2) is 21.4 Å². The minimum atomic E-state index is -4.73. The van der Waals surface area contributed by atoms with Gasteiger partial charge in [-0.3, -0.25) is 10.4 Å². The number of hydrazine groups is 1. The molecule has 0 bridgehead atoms. The maximum absolute atomic E-state index is 11.1. The van der Waals surface area contributed by atoms with E-state index in [4.69, 9.17) is 10.4 Å². The van der Waals surface area contributed by atoms with Crippen molar-refractivity contribution in [2.45, 2.75) is 4.90 Å². The van der Waals surface area contributed by atoms with E-state index < -0.39 is 31.2 Å². The third-order valence-electron chi connectivity index (χ3n) is 1.87. The van der Waals surface area contributed by atoms with E-state index in [2.05, 4.69) is 8.37 Å². The molecule has 11 heteroatoms. The zero-order valence-electron chi connectivity index (χ0n) is 7.95. The molecular formula is C6H6N2O7S2. The van der Waals surface area contributed by atoms with Gasteiger partial charge in [-0.1, -0.05) is 0 Å². The Balaban J connectivity index is 2.79. The van der Waals surface area contributed by atoms with E-state index in [1.54, 1.807) is 0 Å². The van der Waals surface area contributed by atoms with Crippen LogP contribution in [0.2, 0.25) is 0 Å². The molecule has 0 unspecified atom stereocenters. The monoisotopic (exact) mass is 282 g/mol. The Labute approximate surface area is 96.2 Å². The summed E-state index contributed by atoms with van der Waals surface area (Å²) in [6, 6.07) is 2.25. The van der Waals surface area contributed by atoms with Crippen LogP contribution in [0.1, 0.15) is 0 Å². The van der Waals surface area contributed by atoms with Crippen LogP contribution in [0.4, 0.5) is 5.69 Å². The molecule has 17 heavy (non-hydrogen) atoms. The predicted molar refractivity (Wildman–Crippen MR) is 54.2 cm³/mol. The lowest BCUT2D eigenvalue weighted by Gasteiger charge is -2.07. The first-order valence-corrected chi connectivity index (χ1v) is 6.77. The molecule has 9 nitrogen and oxygen atoms in total. The van der Waals surface area contributed by atoms with Gasteiger partial charge in [-0.2, -0.15) is 8.42 Å². The molecule has 0 saturated heterocycles. The average molecular weight is 282 g/mol. The summed E-state index contributed by atoms with van der Waals surface area (Å²) in [7, 11) is -9.09. The molecule has 1 heterocycles. The number of anilines is 1. The number of benzene rings is 1. The van der Waals surface area contributed by atoms with E-state index in [0.29, 0.717) is 0 Å². The van der Waals surface area contributed by atoms with Crippen LogP contribution in [0.5, 0.6) is 11.5 Å². The molecule has 1 aromatic rings. The van der Waals surface area contributed by atoms with Crippen LogP contribution in [0.25, 0.3) is 0 Å². The Morgan fingerprint density at radius 1 is 1.29 bits per heavy atom. The second-order valence-electron chi connectivity index (χ2n) is 2.96. The van der Waals surface area contributed by atoms with Crippen molar-refractivity contribution in [1.29, 1.82) is 0 Å². The van der Waals surface area contributed by atoms with Crippen LogP contribution >= 0.6 is 0 Å². The first kappa shape index (κ1) is 11.9. The maximum Gasteiger partial charge on any atom is 0.501 e. The van der Waals surface area contributed by atoms with E-state index in [1.807, 2.05) is 5.43 Å². The molecule has 1 aliphatic heterocycles. The minimum Gasteiger partial charge on any atom is -0.349 e. The number of nitrogens with one attached hydrogen (secondary N) is 1. The molecule has 0 radical (unpaired) electrons. The van der Waals surface area contributed by atoms with E-state index in [0.717, 1.165) is 12.1 Å². The van der Waals surface area contributed by atoms with Crippen molar-refractivity contribution in [1.82, 2.24) is 0 Å². The standard InChI is InChI=1S/C6H6N2O7S2/c7-8-3-1-2-4-5(6(3)16(9,10)11)15-17(12,13)14-4/h1-2,8H,7H2,(H,9,10,11). The van der Waals surface area contributed by atoms with Crippen molar-refractivity contribution >= 4 is 26.2 Å². The number of nitrogen functional groups attached to an aromatic ring is 1. The third-order valence-corrected chi connectivity index (χ3v) is 3.54. The number of fused-ring (bicyclic) bond motifs is 1. The van der Waals surface area contributed by atoms with E-state index in [-0.39, 0.29) is 11.4 Å². The fraction of sp³-hybridized carbons (Fsp3) is 0. The molecule has 1 aromatic carbocycles. The summed E-state index contributed by atoms with van der Waals surface area (Å²) in [6.45, 7) is 0. The van der Waals surface area contributed by atoms with Gasteiger partial charge in [0, 0.05) is 0 Å². The first-order valence-electron chi connectivity index (χ1n) is 3.99. The summed E-state index contributed by atoms with van der Waals surface area (Å²) in [4.78, 5) is -0.807. The summed E-state index contributed by atoms with van der Waals surface area (Å²) >= 11 is 0. The molecule has 4 N–H and O–H groups in total. The van der Waals surface area contributed by atoms with Crippen LogP contribution < -0.4 is 19.6 Å². The summed E-state index contributed by atoms with van der Waals surface area (Å²) in [6.07, 6.45) is 0. The van der Waals surface area contributed by atoms with Crippen LogP contribution in [-0.2, 0) is 20.5 Å². The predicted octanol–water partition coefficient (Wildman–Crippen LogP) is -0.765. The van der Waals surface area contributed by atoms with E-state index in [9.17, 15) is 16.8 Å². The van der Waals surface area contributed by atoms with Crippen LogP contribution in [0, 0.1) is 0 Å². The normalized spacial score (nSPS) is 16.8. The van der Waals surface area contributed by atoms with Crippen molar-refractivity contribution in [2.75, 3.05) is 5.43 Å². The highest BCUT2D eigenvalue weighted by Crippen LogP contribution is 2.44. The van der Waals surface area contributed by atoms with Gasteiger partial charge in [-0.05, 0) is 12.1 Å². The van der Waals surface area contributed by atoms with Gasteiger partial charge in [0.2, 0.25) is 5.75 Å². The SMILES string of the molecule is NNc1ccc2c(c1S(=O)(=O)O)OS(=O)(=O)O2. The quantitative estimate of drug-likeness (QED) is 0.361. The molecule has 0 fully saturated rings. The maximum atomic E-state index is 11.1. The molecule has 2 rings (SSSR count). The van der Waals surface area contributed by atoms with Crippen molar-refractivity contribution in [3.63, 3.8) is 0 Å². The van der Waals surface area contributed by atoms with E-state index in [1.165, 1.54) is 0 Å². The van der Waals surface area contributed by atoms with Crippen LogP contribution in [0.3, 0.4) is 0 Å². The molecular weight excluding hydrogens is 276 g/mol. The van der Waals surface area contributed by atoms with Gasteiger partial charge in [-0.25, -0.2) is 0 Å². The number of hydrogen-bond donors (Lipinski definition) is 3. The molecule has 0 saturated carbocycles. The van der Waals surface area contributed by atoms with E-state index >= 15 is 0 Å². The summed E-state index contributed by atoms with van der Waals surface area (Å²) < 4.78 is 61.8. The lowest BCUT2D eigenvalue weighted by atomic mass is 10.3. The van der Waals surface area contributed by atoms with Gasteiger partial charge < -0.3 is 13.8 Å². The molecule has 0 aliphatic carbocycles. The van der Waals surface area contributed by atoms with Gasteiger partial charge >= 0.3 is 20.5 Å². The van der Waals surface area contributed by atoms with Crippen molar-refractivity contribution in [2.24, 2.45) is 5.84 Å². The second-order valence-corrected chi connectivity index (χ2v) is 5.47. The summed E-state index contributed by atoms with van der Waals surface area (Å²) in [5.74, 6) is 4.05. The van der Waals surface area contributed by atoms with Gasteiger partial charge in [0.25, 0.3) is 0 Å². The van der Waals surface area contributed by atoms with Gasteiger partial charge in [-0.15, -0.1) is 8.42 Å². The van der Waals surface area contributed by atoms with Gasteiger partial charge in [0.15, 0.2) is 10.6 Å². The summed E-state index contributed by atoms with van der Waals surface area (Å²) in [5.41, 5.74) is 1.76. The first-order chi connectivity index (χ1) is 7.74. The Morgan fingerprint density at radius 3 is 2.47 bits per heavy atom. The van der Waals surface area contributed by atoms with Crippen molar-refractivity contribution < 1.29 is 29.8 Å². The van der Waals surface area contributed by atoms with Gasteiger partial charge in [0.1, 0.15) is 0 Å². The molecule has 0 atom stereocenters. The Hall–Kier alpha value is -1.56. The smallest absolute Gasteiger partial charge is 0.349 e. The zero-order chi connectivity index (χ0) is 12.8. The lowest BCUT2D eigenvalue weighted by molar-refractivity contribution is 0.433. The summed E-state index contributed by atoms with van der Waals surface area (Å²) in [5, 5.41) is 0. The Kier molecular flexibility index (Phi) is 2.43. The molecule has 94 valence electrons. The largest absolute Gasteiger partial charge is 0.501 e. The van der Waals surface area contributed by atoms with Crippen molar-refractivity contribution in [3.05, 3.63) is 12.1 Å². The molecule has 0 aromatic heterocycles. The van der Waals surface area contributed by atoms with Gasteiger partial charge in [0.05, 0.1) is 5.69 Å². The Bertz CT molecular complexity index is 679. The number of hydrogen-bond acceptors (Lipinski definition) is 8. The molecule has 0 amide bonds. The molecule has 0 spiro atoms. The fourth-order valence-corrected chi connectivity index (χ4v) is 2.88. The van der Waals surface area contributed by atoms with Crippen molar-refractivity contribution in [3.8, 4) is 11.5 Å². The zero-order valence-corrected chi connectivity index (χ0v) is 9.58. The Morgan fingerprint density at radius 2 is 1.94 bits per heavy atom. The highest BCUT2D eigenvalue weighted by Gasteiger charge is 2.36. The fourth-order valence-electron chi connectivity index (χ4n) is 1.29. The lowest BCUT2D eigenvalue weighted by Crippen LogP contribution is -2.13.